The first kappa shape index (κ1) is 44.0. The third kappa shape index (κ3) is 7.10. The fourth-order valence-electron chi connectivity index (χ4n) is 10.6. The minimum atomic E-state index is 0.386. The van der Waals surface area contributed by atoms with Crippen molar-refractivity contribution in [3.8, 4) is 91.3 Å². The Morgan fingerprint density at radius 2 is 0.703 bits per heavy atom. The Bertz CT molecular complexity index is 4410. The summed E-state index contributed by atoms with van der Waals surface area (Å²) >= 11 is 0. The highest BCUT2D eigenvalue weighted by Gasteiger charge is 2.24. The number of nitrogens with zero attached hydrogens (tertiary/aromatic N) is 8. The summed E-state index contributed by atoms with van der Waals surface area (Å²) in [5, 5.41) is 45.6. The van der Waals surface area contributed by atoms with Crippen LogP contribution in [0.1, 0.15) is 22.3 Å². The molecule has 0 radical (unpaired) electrons. The number of aromatic nitrogens is 2. The summed E-state index contributed by atoms with van der Waals surface area (Å²) in [6.45, 7) is 16.0. The molecule has 0 N–H and O–H groups in total. The van der Waals surface area contributed by atoms with Crippen LogP contribution in [0.25, 0.3) is 120 Å². The van der Waals surface area contributed by atoms with Gasteiger partial charge in [0, 0.05) is 27.1 Å². The summed E-state index contributed by atoms with van der Waals surface area (Å²) in [5.41, 5.74) is 15.8. The third-order valence-electron chi connectivity index (χ3n) is 13.9. The van der Waals surface area contributed by atoms with E-state index in [1.54, 1.807) is 6.07 Å². The van der Waals surface area contributed by atoms with Gasteiger partial charge < -0.3 is 9.13 Å². The maximum Gasteiger partial charge on any atom is 0.194 e. The fourth-order valence-corrected chi connectivity index (χ4v) is 10.6. The van der Waals surface area contributed by atoms with Crippen LogP contribution in [0, 0.1) is 58.5 Å². The Balaban J connectivity index is 1.17. The van der Waals surface area contributed by atoms with Crippen molar-refractivity contribution in [1.29, 1.82) is 21.0 Å². The van der Waals surface area contributed by atoms with Crippen LogP contribution in [-0.2, 0) is 0 Å². The van der Waals surface area contributed by atoms with Crippen LogP contribution in [0.5, 0.6) is 0 Å². The van der Waals surface area contributed by atoms with Gasteiger partial charge in [-0.2, -0.15) is 21.0 Å². The maximum absolute atomic E-state index is 11.5. The van der Waals surface area contributed by atoms with Gasteiger partial charge in [-0.15, -0.1) is 0 Å². The molecule has 0 saturated carbocycles. The predicted molar refractivity (Wildman–Crippen MR) is 294 cm³/mol. The van der Waals surface area contributed by atoms with Crippen molar-refractivity contribution in [2.45, 2.75) is 0 Å². The fraction of sp³-hybridized carbons (Fsp3) is 0. The summed E-state index contributed by atoms with van der Waals surface area (Å²) < 4.78 is 4.28. The molecule has 0 bridgehead atoms. The molecule has 0 unspecified atom stereocenters. The zero-order valence-electron chi connectivity index (χ0n) is 39.2. The van der Waals surface area contributed by atoms with Crippen molar-refractivity contribution in [2.75, 3.05) is 0 Å². The largest absolute Gasteiger partial charge is 0.309 e. The predicted octanol–water partition coefficient (Wildman–Crippen LogP) is 16.8. The van der Waals surface area contributed by atoms with Crippen molar-refractivity contribution >= 4 is 55.0 Å². The van der Waals surface area contributed by atoms with Crippen LogP contribution in [0.15, 0.2) is 206 Å². The topological polar surface area (TPSA) is 114 Å². The first-order chi connectivity index (χ1) is 36.4. The summed E-state index contributed by atoms with van der Waals surface area (Å²) in [5.74, 6) is 0. The van der Waals surface area contributed by atoms with Crippen molar-refractivity contribution in [3.63, 3.8) is 0 Å². The highest BCUT2D eigenvalue weighted by Crippen LogP contribution is 2.45. The van der Waals surface area contributed by atoms with Crippen LogP contribution in [0.2, 0.25) is 0 Å². The Morgan fingerprint density at radius 1 is 0.311 bits per heavy atom. The molecule has 10 aromatic carbocycles. The smallest absolute Gasteiger partial charge is 0.194 e. The van der Waals surface area contributed by atoms with Crippen LogP contribution >= 0.6 is 0 Å². The van der Waals surface area contributed by atoms with Gasteiger partial charge in [0.25, 0.3) is 0 Å². The Kier molecular flexibility index (Phi) is 10.7. The SMILES string of the molecule is [C-]#[N+]c1ccccc1-c1ccc2c(c1)c1cc(-c3ccccc3[N+]#[C-])ccc1n2-c1cc(C#N)c(-n2c3ccc(-c4ccccc4C#N)cc3c3cc(-c4ccccc4C#N)ccc32)cc1-c1cccc(C#N)c1. The molecule has 0 aliphatic rings. The van der Waals surface area contributed by atoms with Crippen LogP contribution < -0.4 is 0 Å². The van der Waals surface area contributed by atoms with E-state index in [2.05, 4.69) is 79.5 Å². The summed E-state index contributed by atoms with van der Waals surface area (Å²) in [7, 11) is 0. The van der Waals surface area contributed by atoms with Crippen molar-refractivity contribution in [1.82, 2.24) is 9.13 Å². The number of rotatable bonds is 7. The van der Waals surface area contributed by atoms with E-state index in [1.807, 2.05) is 164 Å². The lowest BCUT2D eigenvalue weighted by Crippen LogP contribution is -2.04. The average Bonchev–Trinajstić information content (AvgIpc) is 3.97. The van der Waals surface area contributed by atoms with Crippen LogP contribution in [-0.4, -0.2) is 9.13 Å². The van der Waals surface area contributed by atoms with E-state index in [1.165, 1.54) is 0 Å². The number of para-hydroxylation sites is 2. The van der Waals surface area contributed by atoms with E-state index in [0.717, 1.165) is 99.2 Å². The summed E-state index contributed by atoms with van der Waals surface area (Å²) in [4.78, 5) is 7.70. The van der Waals surface area contributed by atoms with Crippen molar-refractivity contribution in [3.05, 3.63) is 251 Å². The van der Waals surface area contributed by atoms with Gasteiger partial charge in [-0.25, -0.2) is 9.69 Å². The molecular weight excluding hydrogens is 905 g/mol. The molecule has 0 spiro atoms. The van der Waals surface area contributed by atoms with Gasteiger partial charge in [0.15, 0.2) is 11.4 Å². The summed E-state index contributed by atoms with van der Waals surface area (Å²) in [6, 6.07) is 75.9. The second-order valence-corrected chi connectivity index (χ2v) is 17.9. The molecule has 0 aliphatic heterocycles. The minimum Gasteiger partial charge on any atom is -0.309 e. The number of nitriles is 4. The molecule has 0 atom stereocenters. The van der Waals surface area contributed by atoms with Crippen LogP contribution in [0.4, 0.5) is 11.4 Å². The molecule has 12 rings (SSSR count). The highest BCUT2D eigenvalue weighted by molar-refractivity contribution is 6.14. The lowest BCUT2D eigenvalue weighted by Gasteiger charge is -2.19. The van der Waals surface area contributed by atoms with E-state index in [4.69, 9.17) is 13.1 Å². The quantitative estimate of drug-likeness (QED) is 0.148. The van der Waals surface area contributed by atoms with Crippen molar-refractivity contribution < 1.29 is 0 Å². The van der Waals surface area contributed by atoms with Gasteiger partial charge in [-0.1, -0.05) is 121 Å². The molecule has 12 aromatic rings. The van der Waals surface area contributed by atoms with Gasteiger partial charge in [-0.05, 0) is 135 Å². The molecule has 0 amide bonds. The zero-order valence-corrected chi connectivity index (χ0v) is 39.2. The minimum absolute atomic E-state index is 0.386. The number of benzene rings is 10. The third-order valence-corrected chi connectivity index (χ3v) is 13.9. The maximum atomic E-state index is 11.5. The van der Waals surface area contributed by atoms with Gasteiger partial charge in [-0.3, -0.25) is 0 Å². The molecule has 2 aromatic heterocycles. The normalized spacial score (nSPS) is 10.9. The van der Waals surface area contributed by atoms with E-state index in [9.17, 15) is 21.0 Å². The molecular formula is C66H34N8. The van der Waals surface area contributed by atoms with Gasteiger partial charge in [0.2, 0.25) is 0 Å². The molecule has 8 nitrogen and oxygen atoms in total. The average molecular weight is 939 g/mol. The van der Waals surface area contributed by atoms with Gasteiger partial charge >= 0.3 is 0 Å². The lowest BCUT2D eigenvalue weighted by molar-refractivity contribution is 1.14. The molecule has 0 fully saturated rings. The molecule has 338 valence electrons. The van der Waals surface area contributed by atoms with Crippen molar-refractivity contribution in [2.24, 2.45) is 0 Å². The van der Waals surface area contributed by atoms with E-state index in [0.29, 0.717) is 45.0 Å². The van der Waals surface area contributed by atoms with Gasteiger partial charge in [0.05, 0.1) is 87.0 Å². The Morgan fingerprint density at radius 3 is 1.14 bits per heavy atom. The van der Waals surface area contributed by atoms with E-state index >= 15 is 0 Å². The number of hydrogen-bond acceptors (Lipinski definition) is 4. The van der Waals surface area contributed by atoms with Gasteiger partial charge in [0.1, 0.15) is 6.07 Å². The molecule has 74 heavy (non-hydrogen) atoms. The zero-order chi connectivity index (χ0) is 50.5. The first-order valence-corrected chi connectivity index (χ1v) is 23.6. The first-order valence-electron chi connectivity index (χ1n) is 23.6. The number of fused-ring (bicyclic) bond motifs is 6. The number of hydrogen-bond donors (Lipinski definition) is 0. The van der Waals surface area contributed by atoms with E-state index < -0.39 is 0 Å². The molecule has 8 heteroatoms. The second-order valence-electron chi connectivity index (χ2n) is 17.9. The molecule has 0 saturated heterocycles. The standard InChI is InChI=1S/C66H34N8/c1-71-59-20-9-7-18-52(59)45-24-28-63-57(33-45)58-34-46(53-19-8-10-21-60(53)72-2)25-29-64(58)74(63)66-35-49(40-70)65(36-54(66)42-15-11-12-41(30-42)37-67)73-61-26-22-43(50-16-5-3-13-47(50)38-68)31-55(61)56-32-44(23-27-62(56)73)51-17-6-4-14-48(51)39-69/h3-36H. The highest BCUT2D eigenvalue weighted by atomic mass is 15.0. The second kappa shape index (κ2) is 17.9. The summed E-state index contributed by atoms with van der Waals surface area (Å²) in [6.07, 6.45) is 0. The lowest BCUT2D eigenvalue weighted by atomic mass is 9.96. The molecule has 0 aliphatic carbocycles. The Hall–Kier alpha value is -11.3. The monoisotopic (exact) mass is 938 g/mol. The van der Waals surface area contributed by atoms with E-state index in [-0.39, 0.29) is 0 Å². The Labute approximate surface area is 425 Å². The molecule has 2 heterocycles. The van der Waals surface area contributed by atoms with Crippen LogP contribution in [0.3, 0.4) is 0 Å².